The van der Waals surface area contributed by atoms with Crippen LogP contribution in [0.2, 0.25) is 0 Å². The predicted molar refractivity (Wildman–Crippen MR) is 67.6 cm³/mol. The van der Waals surface area contributed by atoms with E-state index in [2.05, 4.69) is 22.5 Å². The molecule has 1 nitrogen and oxygen atoms in total. The Morgan fingerprint density at radius 1 is 1.44 bits per heavy atom. The monoisotopic (exact) mass is 406 g/mol. The van der Waals surface area contributed by atoms with E-state index in [0.29, 0.717) is 8.04 Å². The lowest BCUT2D eigenvalue weighted by Crippen LogP contribution is -2.10. The minimum atomic E-state index is -4.43. The van der Waals surface area contributed by atoms with Crippen molar-refractivity contribution in [2.45, 2.75) is 6.18 Å². The Balaban J connectivity index is 3.26. The predicted octanol–water partition coefficient (Wildman–Crippen LogP) is 4.64. The van der Waals surface area contributed by atoms with E-state index in [-0.39, 0.29) is 12.4 Å². The van der Waals surface area contributed by atoms with Crippen molar-refractivity contribution in [1.82, 2.24) is 0 Å². The van der Waals surface area contributed by atoms with Gasteiger partial charge in [0.1, 0.15) is 12.4 Å². The van der Waals surface area contributed by atoms with Gasteiger partial charge in [0.05, 0.1) is 9.13 Å². The van der Waals surface area contributed by atoms with Crippen molar-refractivity contribution >= 4 is 38.5 Å². The van der Waals surface area contributed by atoms with Crippen LogP contribution in [0.25, 0.3) is 0 Å². The fourth-order valence-corrected chi connectivity index (χ4v) is 2.73. The van der Waals surface area contributed by atoms with Gasteiger partial charge in [-0.05, 0) is 34.7 Å². The van der Waals surface area contributed by atoms with Crippen LogP contribution in [0.3, 0.4) is 0 Å². The van der Waals surface area contributed by atoms with Crippen molar-refractivity contribution in [2.24, 2.45) is 0 Å². The number of benzene rings is 1. The molecule has 0 aromatic heterocycles. The molecular formula is C10H7BrF3IO. The summed E-state index contributed by atoms with van der Waals surface area (Å²) in [7, 11) is 0. The quantitative estimate of drug-likeness (QED) is 0.525. The molecule has 88 valence electrons. The number of hydrogen-bond acceptors (Lipinski definition) is 1. The molecule has 16 heavy (non-hydrogen) atoms. The van der Waals surface area contributed by atoms with Gasteiger partial charge in [-0.25, -0.2) is 0 Å². The van der Waals surface area contributed by atoms with E-state index in [1.165, 1.54) is 6.08 Å². The summed E-state index contributed by atoms with van der Waals surface area (Å²) in [4.78, 5) is 0. The molecule has 0 saturated carbocycles. The average Bonchev–Trinajstić information content (AvgIpc) is 2.14. The Morgan fingerprint density at radius 3 is 2.56 bits per heavy atom. The highest BCUT2D eigenvalue weighted by Crippen LogP contribution is 2.40. The third kappa shape index (κ3) is 3.38. The number of halogens is 5. The number of hydrogen-bond donors (Lipinski definition) is 0. The third-order valence-corrected chi connectivity index (χ3v) is 2.92. The van der Waals surface area contributed by atoms with Gasteiger partial charge >= 0.3 is 6.18 Å². The van der Waals surface area contributed by atoms with Crippen molar-refractivity contribution in [3.05, 3.63) is 38.4 Å². The zero-order valence-electron chi connectivity index (χ0n) is 7.94. The van der Waals surface area contributed by atoms with E-state index in [1.54, 1.807) is 28.7 Å². The maximum atomic E-state index is 12.7. The maximum absolute atomic E-state index is 12.7. The van der Waals surface area contributed by atoms with Crippen LogP contribution < -0.4 is 4.74 Å². The van der Waals surface area contributed by atoms with Gasteiger partial charge < -0.3 is 4.74 Å². The molecule has 0 saturated heterocycles. The summed E-state index contributed by atoms with van der Waals surface area (Å²) in [5.41, 5.74) is -0.784. The average molecular weight is 407 g/mol. The SMILES string of the molecule is C=CCOc1c(I)cc(Br)cc1C(F)(F)F. The first-order chi connectivity index (χ1) is 7.36. The fourth-order valence-electron chi connectivity index (χ4n) is 1.06. The van der Waals surface area contributed by atoms with Crippen LogP contribution in [0.4, 0.5) is 13.2 Å². The molecule has 0 radical (unpaired) electrons. The summed E-state index contributed by atoms with van der Waals surface area (Å²) in [6, 6.07) is 2.56. The molecule has 1 aromatic carbocycles. The van der Waals surface area contributed by atoms with Gasteiger partial charge in [-0.3, -0.25) is 0 Å². The van der Waals surface area contributed by atoms with Gasteiger partial charge in [-0.1, -0.05) is 28.6 Å². The second kappa shape index (κ2) is 5.39. The van der Waals surface area contributed by atoms with Gasteiger partial charge in [0.25, 0.3) is 0 Å². The molecule has 0 aliphatic rings. The lowest BCUT2D eigenvalue weighted by atomic mass is 10.2. The number of rotatable bonds is 3. The van der Waals surface area contributed by atoms with Gasteiger partial charge in [-0.2, -0.15) is 13.2 Å². The first-order valence-electron chi connectivity index (χ1n) is 4.16. The molecule has 0 aliphatic heterocycles. The minimum Gasteiger partial charge on any atom is -0.488 e. The van der Waals surface area contributed by atoms with Crippen molar-refractivity contribution in [2.75, 3.05) is 6.61 Å². The largest absolute Gasteiger partial charge is 0.488 e. The Hall–Kier alpha value is -0.240. The van der Waals surface area contributed by atoms with Crippen LogP contribution in [0, 0.1) is 3.57 Å². The molecule has 0 N–H and O–H groups in total. The Morgan fingerprint density at radius 2 is 2.06 bits per heavy atom. The standard InChI is InChI=1S/C10H7BrF3IO/c1-2-3-16-9-7(10(12,13)14)4-6(11)5-8(9)15/h2,4-5H,1,3H2. The first kappa shape index (κ1) is 13.8. The Labute approximate surface area is 113 Å². The smallest absolute Gasteiger partial charge is 0.420 e. The Kier molecular flexibility index (Phi) is 4.66. The number of alkyl halides is 3. The van der Waals surface area contributed by atoms with E-state index in [9.17, 15) is 13.2 Å². The zero-order valence-corrected chi connectivity index (χ0v) is 11.7. The summed E-state index contributed by atoms with van der Waals surface area (Å²) in [6.07, 6.45) is -3.03. The van der Waals surface area contributed by atoms with Crippen LogP contribution in [0.15, 0.2) is 29.3 Å². The molecule has 6 heteroatoms. The molecule has 0 bridgehead atoms. The lowest BCUT2D eigenvalue weighted by Gasteiger charge is -2.15. The summed E-state index contributed by atoms with van der Waals surface area (Å²) >= 11 is 4.83. The van der Waals surface area contributed by atoms with Crippen LogP contribution in [-0.2, 0) is 6.18 Å². The van der Waals surface area contributed by atoms with Crippen LogP contribution >= 0.6 is 38.5 Å². The molecule has 0 fully saturated rings. The van der Waals surface area contributed by atoms with E-state index in [0.717, 1.165) is 6.07 Å². The van der Waals surface area contributed by atoms with Gasteiger partial charge in [0, 0.05) is 4.47 Å². The van der Waals surface area contributed by atoms with Crippen LogP contribution in [-0.4, -0.2) is 6.61 Å². The molecule has 1 aromatic rings. The second-order valence-corrected chi connectivity index (χ2v) is 4.94. The van der Waals surface area contributed by atoms with Crippen LogP contribution in [0.1, 0.15) is 5.56 Å². The molecule has 1 rings (SSSR count). The first-order valence-corrected chi connectivity index (χ1v) is 6.03. The molecule has 0 aliphatic carbocycles. The van der Waals surface area contributed by atoms with Crippen molar-refractivity contribution in [1.29, 1.82) is 0 Å². The summed E-state index contributed by atoms with van der Waals surface area (Å²) in [5.74, 6) is -0.156. The van der Waals surface area contributed by atoms with Crippen molar-refractivity contribution in [3.8, 4) is 5.75 Å². The molecular weight excluding hydrogens is 400 g/mol. The highest BCUT2D eigenvalue weighted by atomic mass is 127. The van der Waals surface area contributed by atoms with E-state index in [1.807, 2.05) is 0 Å². The molecule has 0 spiro atoms. The minimum absolute atomic E-state index is 0.0424. The summed E-state index contributed by atoms with van der Waals surface area (Å²) in [5, 5.41) is 0. The van der Waals surface area contributed by atoms with Gasteiger partial charge in [0.15, 0.2) is 0 Å². The molecule has 0 unspecified atom stereocenters. The Bertz CT molecular complexity index is 404. The summed E-state index contributed by atoms with van der Waals surface area (Å²) in [6.45, 7) is 3.44. The summed E-state index contributed by atoms with van der Waals surface area (Å²) < 4.78 is 43.9. The third-order valence-electron chi connectivity index (χ3n) is 1.66. The number of ether oxygens (including phenoxy) is 1. The normalized spacial score (nSPS) is 11.3. The van der Waals surface area contributed by atoms with E-state index < -0.39 is 11.7 Å². The van der Waals surface area contributed by atoms with E-state index in [4.69, 9.17) is 4.74 Å². The lowest BCUT2D eigenvalue weighted by molar-refractivity contribution is -0.139. The van der Waals surface area contributed by atoms with Crippen molar-refractivity contribution < 1.29 is 17.9 Å². The molecule has 0 heterocycles. The fraction of sp³-hybridized carbons (Fsp3) is 0.200. The topological polar surface area (TPSA) is 9.23 Å². The molecule has 0 amide bonds. The van der Waals surface area contributed by atoms with Crippen LogP contribution in [0.5, 0.6) is 5.75 Å². The van der Waals surface area contributed by atoms with Gasteiger partial charge in [-0.15, -0.1) is 0 Å². The maximum Gasteiger partial charge on any atom is 0.420 e. The zero-order chi connectivity index (χ0) is 12.3. The van der Waals surface area contributed by atoms with Gasteiger partial charge in [0.2, 0.25) is 0 Å². The highest BCUT2D eigenvalue weighted by molar-refractivity contribution is 14.1. The highest BCUT2D eigenvalue weighted by Gasteiger charge is 2.35. The van der Waals surface area contributed by atoms with Crippen molar-refractivity contribution in [3.63, 3.8) is 0 Å². The second-order valence-electron chi connectivity index (χ2n) is 2.86. The van der Waals surface area contributed by atoms with E-state index >= 15 is 0 Å². The molecule has 0 atom stereocenters.